The highest BCUT2D eigenvalue weighted by atomic mass is 31.2. The Hall–Kier alpha value is -2.83. The van der Waals surface area contributed by atoms with Crippen LogP contribution in [0.25, 0.3) is 0 Å². The van der Waals surface area contributed by atoms with Gasteiger partial charge < -0.3 is 9.13 Å². The molecular weight excluding hydrogens is 337 g/mol. The molecule has 0 saturated heterocycles. The molecule has 128 valence electrons. The fourth-order valence-corrected chi connectivity index (χ4v) is 6.21. The zero-order valence-corrected chi connectivity index (χ0v) is 15.3. The molecule has 0 aliphatic heterocycles. The van der Waals surface area contributed by atoms with Crippen molar-refractivity contribution < 1.29 is 4.57 Å². The van der Waals surface area contributed by atoms with E-state index < -0.39 is 7.14 Å². The van der Waals surface area contributed by atoms with Crippen molar-refractivity contribution in [2.24, 2.45) is 0 Å². The molecule has 0 fully saturated rings. The number of benzene rings is 3. The molecule has 26 heavy (non-hydrogen) atoms. The predicted octanol–water partition coefficient (Wildman–Crippen LogP) is 4.18. The molecule has 0 radical (unpaired) electrons. The summed E-state index contributed by atoms with van der Waals surface area (Å²) in [7, 11) is -2.95. The smallest absolute Gasteiger partial charge is 0.171 e. The highest BCUT2D eigenvalue weighted by molar-refractivity contribution is 7.85. The molecule has 0 saturated carbocycles. The summed E-state index contributed by atoms with van der Waals surface area (Å²) in [5.74, 6) is 0. The van der Waals surface area contributed by atoms with Crippen molar-refractivity contribution in [1.82, 2.24) is 4.57 Å². The minimum absolute atomic E-state index is 0.701. The van der Waals surface area contributed by atoms with Crippen molar-refractivity contribution in [3.8, 4) is 0 Å². The highest BCUT2D eigenvalue weighted by Crippen LogP contribution is 2.43. The van der Waals surface area contributed by atoms with E-state index in [2.05, 4.69) is 10.6 Å². The van der Waals surface area contributed by atoms with E-state index in [1.54, 1.807) is 0 Å². The van der Waals surface area contributed by atoms with Crippen molar-refractivity contribution in [3.05, 3.63) is 115 Å². The van der Waals surface area contributed by atoms with Crippen molar-refractivity contribution in [2.45, 2.75) is 6.54 Å². The van der Waals surface area contributed by atoms with Gasteiger partial charge in [0.25, 0.3) is 0 Å². The van der Waals surface area contributed by atoms with Crippen LogP contribution in [0.3, 0.4) is 0 Å². The Morgan fingerprint density at radius 3 is 1.69 bits per heavy atom. The van der Waals surface area contributed by atoms with Crippen LogP contribution in [0.1, 0.15) is 5.56 Å². The van der Waals surface area contributed by atoms with E-state index in [1.165, 1.54) is 0 Å². The van der Waals surface area contributed by atoms with E-state index in [1.807, 2.05) is 103 Å². The molecule has 3 heteroatoms. The maximum atomic E-state index is 14.6. The Kier molecular flexibility index (Phi) is 4.60. The Morgan fingerprint density at radius 2 is 1.12 bits per heavy atom. The van der Waals surface area contributed by atoms with E-state index in [0.29, 0.717) is 6.54 Å². The van der Waals surface area contributed by atoms with E-state index in [4.69, 9.17) is 0 Å². The fourth-order valence-electron chi connectivity index (χ4n) is 3.33. The van der Waals surface area contributed by atoms with E-state index in [0.717, 1.165) is 21.5 Å². The molecule has 0 N–H and O–H groups in total. The van der Waals surface area contributed by atoms with Gasteiger partial charge in [-0.25, -0.2) is 0 Å². The normalized spacial score (nSPS) is 11.4. The number of aromatic nitrogens is 1. The van der Waals surface area contributed by atoms with Gasteiger partial charge in [-0.3, -0.25) is 0 Å². The molecule has 0 aliphatic carbocycles. The number of rotatable bonds is 5. The molecule has 0 unspecified atom stereocenters. The average Bonchev–Trinajstić information content (AvgIpc) is 3.22. The quantitative estimate of drug-likeness (QED) is 0.491. The minimum Gasteiger partial charge on any atom is -0.350 e. The van der Waals surface area contributed by atoms with Crippen LogP contribution < -0.4 is 15.9 Å². The van der Waals surface area contributed by atoms with Gasteiger partial charge in [0.1, 0.15) is 0 Å². The van der Waals surface area contributed by atoms with Gasteiger partial charge in [0.2, 0.25) is 0 Å². The molecule has 0 bridgehead atoms. The zero-order valence-electron chi connectivity index (χ0n) is 14.4. The monoisotopic (exact) mass is 357 g/mol. The molecule has 4 rings (SSSR count). The summed E-state index contributed by atoms with van der Waals surface area (Å²) in [5, 5.41) is 2.64. The van der Waals surface area contributed by atoms with Crippen LogP contribution in [-0.4, -0.2) is 4.57 Å². The van der Waals surface area contributed by atoms with Crippen molar-refractivity contribution in [1.29, 1.82) is 0 Å². The molecule has 1 aromatic heterocycles. The summed E-state index contributed by atoms with van der Waals surface area (Å²) >= 11 is 0. The molecule has 0 atom stereocenters. The molecular formula is C23H20NOP. The molecule has 0 amide bonds. The van der Waals surface area contributed by atoms with Gasteiger partial charge in [-0.15, -0.1) is 0 Å². The lowest BCUT2D eigenvalue weighted by atomic mass is 10.2. The number of nitrogens with zero attached hydrogens (tertiary/aromatic N) is 1. The van der Waals surface area contributed by atoms with Crippen molar-refractivity contribution >= 4 is 23.1 Å². The summed E-state index contributed by atoms with van der Waals surface area (Å²) in [6.07, 6.45) is 4.07. The van der Waals surface area contributed by atoms with Crippen LogP contribution in [0.2, 0.25) is 0 Å². The largest absolute Gasteiger partial charge is 0.350 e. The second-order valence-electron chi connectivity index (χ2n) is 6.26. The molecule has 4 aromatic rings. The van der Waals surface area contributed by atoms with Gasteiger partial charge in [-0.05, 0) is 17.7 Å². The Labute approximate surface area is 154 Å². The zero-order chi connectivity index (χ0) is 17.8. The lowest BCUT2D eigenvalue weighted by Crippen LogP contribution is -2.27. The van der Waals surface area contributed by atoms with Crippen LogP contribution >= 0.6 is 7.14 Å². The van der Waals surface area contributed by atoms with Crippen LogP contribution in [0.5, 0.6) is 0 Å². The van der Waals surface area contributed by atoms with Gasteiger partial charge >= 0.3 is 0 Å². The van der Waals surface area contributed by atoms with Crippen LogP contribution in [0.4, 0.5) is 0 Å². The molecule has 3 aromatic carbocycles. The Balaban J connectivity index is 1.93. The first kappa shape index (κ1) is 16.6. The predicted molar refractivity (Wildman–Crippen MR) is 109 cm³/mol. The summed E-state index contributed by atoms with van der Waals surface area (Å²) in [6.45, 7) is 0.701. The summed E-state index contributed by atoms with van der Waals surface area (Å²) in [5.41, 5.74) is 1.08. The van der Waals surface area contributed by atoms with Gasteiger partial charge in [-0.2, -0.15) is 0 Å². The highest BCUT2D eigenvalue weighted by Gasteiger charge is 2.31. The van der Waals surface area contributed by atoms with Gasteiger partial charge in [0, 0.05) is 34.9 Å². The standard InChI is InChI=1S/C23H20NOP/c25-26(21-12-3-1-4-13-21,22-14-5-2-6-15-22)23-16-8-7-11-20(23)19-24-17-9-10-18-24/h1-18H,19H2. The van der Waals surface area contributed by atoms with Crippen LogP contribution in [0.15, 0.2) is 109 Å². The third-order valence-electron chi connectivity index (χ3n) is 4.59. The SMILES string of the molecule is O=P(c1ccccc1)(c1ccccc1)c1ccccc1Cn1cccc1. The molecule has 1 heterocycles. The first-order valence-electron chi connectivity index (χ1n) is 8.69. The number of hydrogen-bond acceptors (Lipinski definition) is 1. The molecule has 2 nitrogen and oxygen atoms in total. The fraction of sp³-hybridized carbons (Fsp3) is 0.0435. The van der Waals surface area contributed by atoms with Crippen LogP contribution in [0, 0.1) is 0 Å². The third-order valence-corrected chi connectivity index (χ3v) is 7.76. The Bertz CT molecular complexity index is 981. The minimum atomic E-state index is -2.95. The van der Waals surface area contributed by atoms with Gasteiger partial charge in [0.05, 0.1) is 0 Å². The summed E-state index contributed by atoms with van der Waals surface area (Å²) in [4.78, 5) is 0. The second-order valence-corrected chi connectivity index (χ2v) is 9.00. The van der Waals surface area contributed by atoms with Crippen LogP contribution in [-0.2, 0) is 11.1 Å². The van der Waals surface area contributed by atoms with Gasteiger partial charge in [-0.1, -0.05) is 84.9 Å². The Morgan fingerprint density at radius 1 is 0.615 bits per heavy atom. The summed E-state index contributed by atoms with van der Waals surface area (Å²) in [6, 6.07) is 31.8. The third kappa shape index (κ3) is 3.05. The van der Waals surface area contributed by atoms with Crippen molar-refractivity contribution in [2.75, 3.05) is 0 Å². The maximum Gasteiger partial charge on any atom is 0.171 e. The van der Waals surface area contributed by atoms with Crippen molar-refractivity contribution in [3.63, 3.8) is 0 Å². The van der Waals surface area contributed by atoms with E-state index in [9.17, 15) is 4.57 Å². The van der Waals surface area contributed by atoms with Gasteiger partial charge in [0.15, 0.2) is 7.14 Å². The number of hydrogen-bond donors (Lipinski definition) is 0. The maximum absolute atomic E-state index is 14.6. The average molecular weight is 357 g/mol. The first-order valence-corrected chi connectivity index (χ1v) is 10.4. The second kappa shape index (κ2) is 7.19. The first-order chi connectivity index (χ1) is 12.8. The lowest BCUT2D eigenvalue weighted by Gasteiger charge is -2.23. The van der Waals surface area contributed by atoms with E-state index >= 15 is 0 Å². The molecule has 0 spiro atoms. The summed E-state index contributed by atoms with van der Waals surface area (Å²) < 4.78 is 16.7. The topological polar surface area (TPSA) is 22.0 Å². The lowest BCUT2D eigenvalue weighted by molar-refractivity contribution is 0.592. The molecule has 0 aliphatic rings. The van der Waals surface area contributed by atoms with E-state index in [-0.39, 0.29) is 0 Å².